The Labute approximate surface area is 120 Å². The van der Waals surface area contributed by atoms with Crippen LogP contribution in [0, 0.1) is 0 Å². The number of carbonyl (C=O) groups excluding carboxylic acids is 1. The van der Waals surface area contributed by atoms with Gasteiger partial charge in [0.2, 0.25) is 0 Å². The highest BCUT2D eigenvalue weighted by Crippen LogP contribution is 2.21. The van der Waals surface area contributed by atoms with E-state index in [1.165, 1.54) is 0 Å². The summed E-state index contributed by atoms with van der Waals surface area (Å²) in [5.41, 5.74) is 6.74. The number of hydrogen-bond acceptors (Lipinski definition) is 3. The van der Waals surface area contributed by atoms with E-state index in [9.17, 15) is 4.79 Å². The number of nitrogens with two attached hydrogens (primary N) is 1. The number of benzene rings is 1. The lowest BCUT2D eigenvalue weighted by Crippen LogP contribution is -2.43. The molecule has 0 aliphatic rings. The summed E-state index contributed by atoms with van der Waals surface area (Å²) in [6, 6.07) is 5.10. The van der Waals surface area contributed by atoms with E-state index >= 15 is 0 Å². The van der Waals surface area contributed by atoms with E-state index in [4.69, 9.17) is 17.3 Å². The first-order chi connectivity index (χ1) is 8.86. The van der Waals surface area contributed by atoms with Crippen LogP contribution in [0.4, 0.5) is 5.69 Å². The lowest BCUT2D eigenvalue weighted by Gasteiger charge is -2.30. The van der Waals surface area contributed by atoms with Gasteiger partial charge in [0.15, 0.2) is 0 Å². The summed E-state index contributed by atoms with van der Waals surface area (Å²) in [5.74, 6) is -0.0749. The topological polar surface area (TPSA) is 49.6 Å². The van der Waals surface area contributed by atoms with E-state index in [0.29, 0.717) is 22.8 Å². The Hall–Kier alpha value is -1.26. The largest absolute Gasteiger partial charge is 0.399 e. The molecule has 106 valence electrons. The fourth-order valence-electron chi connectivity index (χ4n) is 2.14. The van der Waals surface area contributed by atoms with Crippen LogP contribution in [0.5, 0.6) is 0 Å². The lowest BCUT2D eigenvalue weighted by molar-refractivity contribution is 0.0679. The number of rotatable bonds is 5. The molecule has 0 saturated heterocycles. The maximum Gasteiger partial charge on any atom is 0.255 e. The van der Waals surface area contributed by atoms with Crippen molar-refractivity contribution in [2.45, 2.75) is 19.9 Å². The molecular weight excluding hydrogens is 262 g/mol. The Balaban J connectivity index is 2.98. The van der Waals surface area contributed by atoms with Gasteiger partial charge in [0, 0.05) is 24.8 Å². The van der Waals surface area contributed by atoms with Gasteiger partial charge in [0.05, 0.1) is 10.6 Å². The van der Waals surface area contributed by atoms with Gasteiger partial charge in [-0.25, -0.2) is 0 Å². The van der Waals surface area contributed by atoms with Gasteiger partial charge in [0.25, 0.3) is 5.91 Å². The molecule has 0 fully saturated rings. The number of anilines is 1. The fourth-order valence-corrected chi connectivity index (χ4v) is 2.34. The maximum absolute atomic E-state index is 12.5. The predicted molar refractivity (Wildman–Crippen MR) is 80.6 cm³/mol. The standard InChI is InChI=1S/C14H22ClN3O/c1-5-18(10(2)9-17(3)4)14(19)12-8-11(16)6-7-13(12)15/h6-8,10H,5,9,16H2,1-4H3. The third kappa shape index (κ3) is 4.11. The van der Waals surface area contributed by atoms with Gasteiger partial charge in [-0.3, -0.25) is 4.79 Å². The number of amides is 1. The summed E-state index contributed by atoms with van der Waals surface area (Å²) in [5, 5.41) is 0.440. The van der Waals surface area contributed by atoms with E-state index < -0.39 is 0 Å². The third-order valence-electron chi connectivity index (χ3n) is 2.98. The minimum Gasteiger partial charge on any atom is -0.399 e. The molecule has 1 aromatic carbocycles. The second-order valence-corrected chi connectivity index (χ2v) is 5.35. The summed E-state index contributed by atoms with van der Waals surface area (Å²) in [6.07, 6.45) is 0. The second kappa shape index (κ2) is 6.78. The average Bonchev–Trinajstić information content (AvgIpc) is 2.32. The van der Waals surface area contributed by atoms with Crippen LogP contribution in [0.25, 0.3) is 0 Å². The van der Waals surface area contributed by atoms with Crippen LogP contribution in [-0.4, -0.2) is 48.9 Å². The predicted octanol–water partition coefficient (Wildman–Crippen LogP) is 2.33. The Kier molecular flexibility index (Phi) is 5.63. The molecule has 0 aromatic heterocycles. The van der Waals surface area contributed by atoms with Crippen molar-refractivity contribution in [3.8, 4) is 0 Å². The molecule has 4 nitrogen and oxygen atoms in total. The van der Waals surface area contributed by atoms with Gasteiger partial charge in [0.1, 0.15) is 0 Å². The van der Waals surface area contributed by atoms with E-state index in [-0.39, 0.29) is 11.9 Å². The first-order valence-corrected chi connectivity index (χ1v) is 6.75. The first kappa shape index (κ1) is 15.8. The van der Waals surface area contributed by atoms with Crippen molar-refractivity contribution in [2.24, 2.45) is 0 Å². The average molecular weight is 284 g/mol. The molecule has 0 heterocycles. The molecule has 0 spiro atoms. The minimum absolute atomic E-state index is 0.0749. The zero-order valence-electron chi connectivity index (χ0n) is 12.0. The minimum atomic E-state index is -0.0749. The zero-order valence-corrected chi connectivity index (χ0v) is 12.7. The van der Waals surface area contributed by atoms with Gasteiger partial charge in [-0.05, 0) is 46.1 Å². The van der Waals surface area contributed by atoms with E-state index in [2.05, 4.69) is 4.90 Å². The summed E-state index contributed by atoms with van der Waals surface area (Å²) < 4.78 is 0. The Bertz CT molecular complexity index is 448. The van der Waals surface area contributed by atoms with Crippen LogP contribution in [0.15, 0.2) is 18.2 Å². The van der Waals surface area contributed by atoms with Crippen LogP contribution in [0.3, 0.4) is 0 Å². The quantitative estimate of drug-likeness (QED) is 0.844. The van der Waals surface area contributed by atoms with Crippen LogP contribution in [0.2, 0.25) is 5.02 Å². The van der Waals surface area contributed by atoms with Gasteiger partial charge < -0.3 is 15.5 Å². The van der Waals surface area contributed by atoms with Crippen LogP contribution >= 0.6 is 11.6 Å². The molecule has 0 bridgehead atoms. The number of nitrogens with zero attached hydrogens (tertiary/aromatic N) is 2. The monoisotopic (exact) mass is 283 g/mol. The molecule has 0 aliphatic carbocycles. The lowest BCUT2D eigenvalue weighted by atomic mass is 10.1. The molecule has 0 radical (unpaired) electrons. The molecule has 0 saturated carbocycles. The highest BCUT2D eigenvalue weighted by atomic mass is 35.5. The van der Waals surface area contributed by atoms with Crippen molar-refractivity contribution in [1.29, 1.82) is 0 Å². The van der Waals surface area contributed by atoms with Crippen molar-refractivity contribution in [3.05, 3.63) is 28.8 Å². The SMILES string of the molecule is CCN(C(=O)c1cc(N)ccc1Cl)C(C)CN(C)C. The zero-order chi connectivity index (χ0) is 14.6. The number of carbonyl (C=O) groups is 1. The third-order valence-corrected chi connectivity index (χ3v) is 3.31. The normalized spacial score (nSPS) is 12.5. The van der Waals surface area contributed by atoms with Gasteiger partial charge in [-0.1, -0.05) is 11.6 Å². The van der Waals surface area contributed by atoms with Crippen LogP contribution in [0.1, 0.15) is 24.2 Å². The molecule has 19 heavy (non-hydrogen) atoms. The summed E-state index contributed by atoms with van der Waals surface area (Å²) in [6.45, 7) is 5.43. The maximum atomic E-state index is 12.5. The molecule has 1 aromatic rings. The van der Waals surface area contributed by atoms with Gasteiger partial charge in [-0.15, -0.1) is 0 Å². The van der Waals surface area contributed by atoms with Crippen LogP contribution in [-0.2, 0) is 0 Å². The summed E-state index contributed by atoms with van der Waals surface area (Å²) in [4.78, 5) is 16.4. The second-order valence-electron chi connectivity index (χ2n) is 4.94. The van der Waals surface area contributed by atoms with E-state index in [0.717, 1.165) is 6.54 Å². The first-order valence-electron chi connectivity index (χ1n) is 6.37. The molecule has 2 N–H and O–H groups in total. The molecule has 1 rings (SSSR count). The van der Waals surface area contributed by atoms with Gasteiger partial charge in [-0.2, -0.15) is 0 Å². The van der Waals surface area contributed by atoms with Crippen molar-refractivity contribution < 1.29 is 4.79 Å². The fraction of sp³-hybridized carbons (Fsp3) is 0.500. The Morgan fingerprint density at radius 1 is 1.42 bits per heavy atom. The molecular formula is C14H22ClN3O. The van der Waals surface area contributed by atoms with Crippen LogP contribution < -0.4 is 5.73 Å². The molecule has 1 atom stereocenters. The Morgan fingerprint density at radius 3 is 2.58 bits per heavy atom. The number of halogens is 1. The smallest absolute Gasteiger partial charge is 0.255 e. The van der Waals surface area contributed by atoms with E-state index in [1.807, 2.05) is 27.9 Å². The summed E-state index contributed by atoms with van der Waals surface area (Å²) >= 11 is 6.09. The number of likely N-dealkylation sites (N-methyl/N-ethyl adjacent to an activating group) is 2. The molecule has 0 aliphatic heterocycles. The number of nitrogen functional groups attached to an aromatic ring is 1. The number of hydrogen-bond donors (Lipinski definition) is 1. The highest BCUT2D eigenvalue weighted by Gasteiger charge is 2.22. The molecule has 5 heteroatoms. The van der Waals surface area contributed by atoms with Crippen molar-refractivity contribution in [2.75, 3.05) is 32.9 Å². The van der Waals surface area contributed by atoms with Gasteiger partial charge >= 0.3 is 0 Å². The molecule has 1 unspecified atom stereocenters. The van der Waals surface area contributed by atoms with E-state index in [1.54, 1.807) is 23.1 Å². The van der Waals surface area contributed by atoms with Crippen molar-refractivity contribution in [3.63, 3.8) is 0 Å². The molecule has 1 amide bonds. The van der Waals surface area contributed by atoms with Crippen molar-refractivity contribution >= 4 is 23.2 Å². The Morgan fingerprint density at radius 2 is 2.05 bits per heavy atom. The highest BCUT2D eigenvalue weighted by molar-refractivity contribution is 6.34. The van der Waals surface area contributed by atoms with Crippen molar-refractivity contribution in [1.82, 2.24) is 9.80 Å². The summed E-state index contributed by atoms with van der Waals surface area (Å²) in [7, 11) is 3.98.